The third kappa shape index (κ3) is 4.16. The summed E-state index contributed by atoms with van der Waals surface area (Å²) in [5, 5.41) is 7.09. The summed E-state index contributed by atoms with van der Waals surface area (Å²) in [6, 6.07) is 5.27. The van der Waals surface area contributed by atoms with Gasteiger partial charge in [-0.2, -0.15) is 13.2 Å². The standard InChI is InChI=1S/C16H14F3N3O2S/c17-16(18,19)12-4-2-1-3-9(12)10-7-11(10)14(24)21-8-13(23)22-15-20-5-6-25-15/h1-6,10-11H,7-8H2,(H,21,24)(H,20,22,23)/t10-,11-/m0/s1. The van der Waals surface area contributed by atoms with Gasteiger partial charge in [-0.05, 0) is 24.0 Å². The predicted molar refractivity (Wildman–Crippen MR) is 86.0 cm³/mol. The molecule has 0 unspecified atom stereocenters. The number of hydrogen-bond acceptors (Lipinski definition) is 4. The van der Waals surface area contributed by atoms with Crippen LogP contribution < -0.4 is 10.6 Å². The fraction of sp³-hybridized carbons (Fsp3) is 0.312. The van der Waals surface area contributed by atoms with Gasteiger partial charge in [0.1, 0.15) is 0 Å². The highest BCUT2D eigenvalue weighted by Gasteiger charge is 2.47. The number of rotatable bonds is 5. The molecular weight excluding hydrogens is 355 g/mol. The molecule has 2 N–H and O–H groups in total. The lowest BCUT2D eigenvalue weighted by atomic mass is 10.0. The SMILES string of the molecule is O=C(CNC(=O)[C@H]1C[C@H]1c1ccccc1C(F)(F)F)Nc1nccs1. The molecule has 1 aliphatic rings. The van der Waals surface area contributed by atoms with Crippen LogP contribution in [0.2, 0.25) is 0 Å². The molecule has 3 rings (SSSR count). The Balaban J connectivity index is 1.55. The number of benzene rings is 1. The minimum atomic E-state index is -4.45. The first-order valence-electron chi connectivity index (χ1n) is 7.49. The quantitative estimate of drug-likeness (QED) is 0.851. The van der Waals surface area contributed by atoms with Gasteiger partial charge in [0.25, 0.3) is 0 Å². The van der Waals surface area contributed by atoms with Crippen LogP contribution in [0.25, 0.3) is 0 Å². The van der Waals surface area contributed by atoms with Crippen LogP contribution in [0.4, 0.5) is 18.3 Å². The first-order valence-corrected chi connectivity index (χ1v) is 8.37. The molecule has 0 saturated heterocycles. The predicted octanol–water partition coefficient (Wildman–Crippen LogP) is 3.02. The molecule has 1 fully saturated rings. The van der Waals surface area contributed by atoms with Gasteiger partial charge in [-0.15, -0.1) is 11.3 Å². The number of anilines is 1. The van der Waals surface area contributed by atoms with E-state index in [2.05, 4.69) is 15.6 Å². The third-order valence-corrected chi connectivity index (χ3v) is 4.58. The van der Waals surface area contributed by atoms with Crippen molar-refractivity contribution in [3.63, 3.8) is 0 Å². The van der Waals surface area contributed by atoms with E-state index in [1.54, 1.807) is 5.38 Å². The Kier molecular flexibility index (Phi) is 4.76. The monoisotopic (exact) mass is 369 g/mol. The van der Waals surface area contributed by atoms with Gasteiger partial charge in [-0.25, -0.2) is 4.98 Å². The van der Waals surface area contributed by atoms with Crippen LogP contribution >= 0.6 is 11.3 Å². The second-order valence-corrected chi connectivity index (χ2v) is 6.53. The van der Waals surface area contributed by atoms with E-state index < -0.39 is 35.4 Å². The molecule has 0 spiro atoms. The Labute approximate surface area is 145 Å². The van der Waals surface area contributed by atoms with Crippen molar-refractivity contribution in [1.82, 2.24) is 10.3 Å². The summed E-state index contributed by atoms with van der Waals surface area (Å²) < 4.78 is 39.1. The van der Waals surface area contributed by atoms with Crippen LogP contribution in [0, 0.1) is 5.92 Å². The molecule has 0 radical (unpaired) electrons. The van der Waals surface area contributed by atoms with Crippen LogP contribution in [0.5, 0.6) is 0 Å². The van der Waals surface area contributed by atoms with Gasteiger partial charge in [-0.1, -0.05) is 18.2 Å². The number of hydrogen-bond donors (Lipinski definition) is 2. The molecule has 1 aromatic carbocycles. The molecule has 5 nitrogen and oxygen atoms in total. The Morgan fingerprint density at radius 3 is 2.72 bits per heavy atom. The van der Waals surface area contributed by atoms with E-state index >= 15 is 0 Å². The molecule has 1 saturated carbocycles. The topological polar surface area (TPSA) is 71.1 Å². The van der Waals surface area contributed by atoms with Crippen molar-refractivity contribution in [2.45, 2.75) is 18.5 Å². The second-order valence-electron chi connectivity index (χ2n) is 5.64. The van der Waals surface area contributed by atoms with E-state index in [9.17, 15) is 22.8 Å². The molecule has 0 aliphatic heterocycles. The number of carbonyl (C=O) groups is 2. The molecule has 1 heterocycles. The van der Waals surface area contributed by atoms with Gasteiger partial charge in [0, 0.05) is 17.5 Å². The van der Waals surface area contributed by atoms with E-state index in [1.165, 1.54) is 35.7 Å². The van der Waals surface area contributed by atoms with E-state index in [4.69, 9.17) is 0 Å². The lowest BCUT2D eigenvalue weighted by Crippen LogP contribution is -2.34. The number of amides is 2. The summed E-state index contributed by atoms with van der Waals surface area (Å²) in [6.45, 7) is -0.247. The molecule has 2 aromatic rings. The maximum Gasteiger partial charge on any atom is 0.416 e. The first-order chi connectivity index (χ1) is 11.9. The number of halogens is 3. The lowest BCUT2D eigenvalue weighted by molar-refractivity contribution is -0.138. The van der Waals surface area contributed by atoms with Crippen molar-refractivity contribution >= 4 is 28.3 Å². The smallest absolute Gasteiger partial charge is 0.347 e. The van der Waals surface area contributed by atoms with E-state index in [1.807, 2.05) is 0 Å². The molecule has 2 amide bonds. The van der Waals surface area contributed by atoms with Gasteiger partial charge in [0.2, 0.25) is 11.8 Å². The normalized spacial score (nSPS) is 19.3. The third-order valence-electron chi connectivity index (χ3n) is 3.89. The van der Waals surface area contributed by atoms with Gasteiger partial charge in [0.05, 0.1) is 12.1 Å². The molecule has 1 aromatic heterocycles. The zero-order valence-corrected chi connectivity index (χ0v) is 13.7. The second kappa shape index (κ2) is 6.83. The zero-order chi connectivity index (χ0) is 18.0. The molecular formula is C16H14F3N3O2S. The maximum atomic E-state index is 13.0. The van der Waals surface area contributed by atoms with Crippen molar-refractivity contribution in [2.75, 3.05) is 11.9 Å². The number of nitrogens with one attached hydrogen (secondary N) is 2. The first kappa shape index (κ1) is 17.4. The summed E-state index contributed by atoms with van der Waals surface area (Å²) in [6.07, 6.45) is -2.58. The lowest BCUT2D eigenvalue weighted by Gasteiger charge is -2.12. The number of nitrogens with zero attached hydrogens (tertiary/aromatic N) is 1. The summed E-state index contributed by atoms with van der Waals surface area (Å²) in [5.74, 6) is -1.87. The average Bonchev–Trinajstić information content (AvgIpc) is 3.21. The molecule has 9 heteroatoms. The van der Waals surface area contributed by atoms with Gasteiger partial charge in [-0.3, -0.25) is 9.59 Å². The summed E-state index contributed by atoms with van der Waals surface area (Å²) in [7, 11) is 0. The highest BCUT2D eigenvalue weighted by atomic mass is 32.1. The number of thiazole rings is 1. The number of carbonyl (C=O) groups excluding carboxylic acids is 2. The van der Waals surface area contributed by atoms with Gasteiger partial charge in [0.15, 0.2) is 5.13 Å². The minimum Gasteiger partial charge on any atom is -0.347 e. The molecule has 2 atom stereocenters. The van der Waals surface area contributed by atoms with Crippen LogP contribution in [0.15, 0.2) is 35.8 Å². The molecule has 0 bridgehead atoms. The van der Waals surface area contributed by atoms with Crippen LogP contribution in [-0.2, 0) is 15.8 Å². The number of aromatic nitrogens is 1. The summed E-state index contributed by atoms with van der Waals surface area (Å²) in [5.41, 5.74) is -0.584. The molecule has 132 valence electrons. The van der Waals surface area contributed by atoms with Crippen molar-refractivity contribution in [2.24, 2.45) is 5.92 Å². The highest BCUT2D eigenvalue weighted by Crippen LogP contribution is 2.50. The van der Waals surface area contributed by atoms with Crippen LogP contribution in [0.1, 0.15) is 23.5 Å². The van der Waals surface area contributed by atoms with E-state index in [-0.39, 0.29) is 12.1 Å². The van der Waals surface area contributed by atoms with Crippen molar-refractivity contribution in [3.05, 3.63) is 47.0 Å². The zero-order valence-electron chi connectivity index (χ0n) is 12.8. The summed E-state index contributed by atoms with van der Waals surface area (Å²) in [4.78, 5) is 27.6. The Morgan fingerprint density at radius 1 is 1.28 bits per heavy atom. The van der Waals surface area contributed by atoms with Crippen molar-refractivity contribution in [1.29, 1.82) is 0 Å². The average molecular weight is 369 g/mol. The fourth-order valence-electron chi connectivity index (χ4n) is 2.65. The van der Waals surface area contributed by atoms with Crippen LogP contribution in [0.3, 0.4) is 0 Å². The Morgan fingerprint density at radius 2 is 2.04 bits per heavy atom. The molecule has 25 heavy (non-hydrogen) atoms. The van der Waals surface area contributed by atoms with Crippen molar-refractivity contribution in [3.8, 4) is 0 Å². The van der Waals surface area contributed by atoms with Gasteiger partial charge < -0.3 is 10.6 Å². The highest BCUT2D eigenvalue weighted by molar-refractivity contribution is 7.13. The maximum absolute atomic E-state index is 13.0. The van der Waals surface area contributed by atoms with E-state index in [0.717, 1.165) is 6.07 Å². The summed E-state index contributed by atoms with van der Waals surface area (Å²) >= 11 is 1.24. The van der Waals surface area contributed by atoms with Crippen molar-refractivity contribution < 1.29 is 22.8 Å². The van der Waals surface area contributed by atoms with Crippen LogP contribution in [-0.4, -0.2) is 23.3 Å². The minimum absolute atomic E-state index is 0.127. The molecule has 1 aliphatic carbocycles. The Hall–Kier alpha value is -2.42. The fourth-order valence-corrected chi connectivity index (χ4v) is 3.20. The Bertz CT molecular complexity index is 777. The largest absolute Gasteiger partial charge is 0.416 e. The van der Waals surface area contributed by atoms with Gasteiger partial charge >= 0.3 is 6.18 Å². The number of alkyl halides is 3. The van der Waals surface area contributed by atoms with E-state index in [0.29, 0.717) is 11.6 Å².